The molecule has 0 radical (unpaired) electrons. The molecule has 22 N–H and O–H groups in total. The minimum Gasteiger partial charge on any atom is -0.394 e. The lowest BCUT2D eigenvalue weighted by Gasteiger charge is -2.51. The average Bonchev–Trinajstić information content (AvgIpc) is 2.25. The summed E-state index contributed by atoms with van der Waals surface area (Å²) < 4.78 is 76.1. The van der Waals surface area contributed by atoms with Gasteiger partial charge in [-0.15, -0.1) is 0 Å². The van der Waals surface area contributed by atoms with Gasteiger partial charge in [-0.2, -0.15) is 0 Å². The first-order valence-electron chi connectivity index (χ1n) is 27.0. The summed E-state index contributed by atoms with van der Waals surface area (Å²) in [6.45, 7) is -3.68. The molecule has 492 valence electrons. The number of aliphatic hydroxyl groups excluding tert-OH is 19. The summed E-state index contributed by atoms with van der Waals surface area (Å²) >= 11 is 0. The normalized spacial score (nSPS) is 48.9. The lowest BCUT2D eigenvalue weighted by Crippen LogP contribution is -2.71. The summed E-state index contributed by atoms with van der Waals surface area (Å²) in [5.74, 6) is -2.38. The van der Waals surface area contributed by atoms with E-state index in [0.717, 1.165) is 20.8 Å². The highest BCUT2D eigenvalue weighted by Gasteiger charge is 2.59. The van der Waals surface area contributed by atoms with E-state index in [1.165, 1.54) is 0 Å². The Kier molecular flexibility index (Phi) is 24.8. The smallest absolute Gasteiger partial charge is 0.217 e. The number of hydrogen-bond donors (Lipinski definition) is 22. The van der Waals surface area contributed by atoms with Crippen molar-refractivity contribution >= 4 is 17.7 Å². The molecule has 3 amide bonds. The Morgan fingerprint density at radius 1 is 0.353 bits per heavy atom. The van der Waals surface area contributed by atoms with E-state index in [-0.39, 0.29) is 0 Å². The summed E-state index contributed by atoms with van der Waals surface area (Å²) in [5, 5.41) is 214. The molecule has 0 saturated carbocycles. The van der Waals surface area contributed by atoms with E-state index in [9.17, 15) is 111 Å². The first-order chi connectivity index (χ1) is 40.2. The second-order valence-corrected chi connectivity index (χ2v) is 21.4. The van der Waals surface area contributed by atoms with Crippen LogP contribution in [0.2, 0.25) is 0 Å². The molecule has 0 aromatic heterocycles. The second-order valence-electron chi connectivity index (χ2n) is 21.4. The van der Waals surface area contributed by atoms with E-state index in [1.54, 1.807) is 0 Å². The molecule has 7 heterocycles. The van der Waals surface area contributed by atoms with Crippen molar-refractivity contribution in [3.05, 3.63) is 0 Å². The summed E-state index contributed by atoms with van der Waals surface area (Å²) in [5.41, 5.74) is 0. The lowest BCUT2D eigenvalue weighted by molar-refractivity contribution is -0.404. The maximum Gasteiger partial charge on any atom is 0.217 e. The van der Waals surface area contributed by atoms with Crippen LogP contribution in [0.25, 0.3) is 0 Å². The van der Waals surface area contributed by atoms with E-state index >= 15 is 0 Å². The van der Waals surface area contributed by atoms with Crippen LogP contribution >= 0.6 is 0 Å². The van der Waals surface area contributed by atoms with Crippen LogP contribution in [0.4, 0.5) is 0 Å². The van der Waals surface area contributed by atoms with E-state index in [1.807, 2.05) is 0 Å². The van der Waals surface area contributed by atoms with Crippen LogP contribution in [0.5, 0.6) is 0 Å². The van der Waals surface area contributed by atoms with Crippen LogP contribution in [-0.2, 0) is 76.0 Å². The molecule has 7 aliphatic heterocycles. The molecule has 1 unspecified atom stereocenters. The van der Waals surface area contributed by atoms with Crippen molar-refractivity contribution < 1.29 is 173 Å². The van der Waals surface area contributed by atoms with Gasteiger partial charge in [-0.3, -0.25) is 14.4 Å². The highest BCUT2D eigenvalue weighted by molar-refractivity contribution is 5.74. The minimum absolute atomic E-state index is 0.725. The van der Waals surface area contributed by atoms with Gasteiger partial charge in [-0.25, -0.2) is 0 Å². The maximum absolute atomic E-state index is 12.8. The van der Waals surface area contributed by atoms with Crippen molar-refractivity contribution in [2.24, 2.45) is 0 Å². The molecule has 34 atom stereocenters. The fourth-order valence-electron chi connectivity index (χ4n) is 10.8. The van der Waals surface area contributed by atoms with E-state index in [2.05, 4.69) is 16.0 Å². The first kappa shape index (κ1) is 69.6. The highest BCUT2D eigenvalue weighted by atomic mass is 16.8. The molecule has 85 heavy (non-hydrogen) atoms. The number of ether oxygens (including phenoxy) is 13. The predicted molar refractivity (Wildman–Crippen MR) is 261 cm³/mol. The topological polar surface area (TPSA) is 592 Å². The zero-order chi connectivity index (χ0) is 62.6. The second kappa shape index (κ2) is 30.3. The standard InChI is InChI=1S/C47H79N3O35/c1-11(56)48-21-29(65)36(17(6-53)75-41(21)72)81-43-23(50-13(3)58)30(66)37(18(7-54)78-43)83-47-40(85-45-33(69)24(60)14(59)9-73-45)39(84-46-34(70)31(67)26(62)16(5-52)77-46)27(63)20(80-47)10-74-44-35(71)32(68)38(19(8-55)79-44)82-42-22(49-12(2)57)28(64)25(61)15(4-51)76-42/h14-47,51-55,59-72H,4-10H2,1-3H3,(H,48,56)(H,49,57)(H,50,58)/t14-,15-,16-,17-,18-,19-,20-,21-,22-,23-,24+,25-,26-,27-,28-,29-,30-,31+,32-,33-,34+,35+,36-,37-,38-,39+,40+,41?,42+,43+,44+,45+,46-,47+/m1/s1. The Morgan fingerprint density at radius 3 is 1.28 bits per heavy atom. The first-order valence-corrected chi connectivity index (χ1v) is 27.0. The Balaban J connectivity index is 1.22. The monoisotopic (exact) mass is 1250 g/mol. The molecular formula is C47H79N3O35. The van der Waals surface area contributed by atoms with Crippen molar-refractivity contribution in [2.45, 2.75) is 229 Å². The third kappa shape index (κ3) is 15.5. The maximum atomic E-state index is 12.8. The third-order valence-electron chi connectivity index (χ3n) is 15.3. The average molecular weight is 1250 g/mol. The van der Waals surface area contributed by atoms with Gasteiger partial charge < -0.3 is 175 Å². The van der Waals surface area contributed by atoms with Crippen LogP contribution in [-0.4, -0.2) is 370 Å². The zero-order valence-corrected chi connectivity index (χ0v) is 45.6. The van der Waals surface area contributed by atoms with Gasteiger partial charge in [-0.05, 0) is 0 Å². The fourth-order valence-corrected chi connectivity index (χ4v) is 10.8. The summed E-state index contributed by atoms with van der Waals surface area (Å²) in [7, 11) is 0. The molecule has 7 fully saturated rings. The van der Waals surface area contributed by atoms with E-state index in [0.29, 0.717) is 0 Å². The third-order valence-corrected chi connectivity index (χ3v) is 15.3. The quantitative estimate of drug-likeness (QED) is 0.0507. The predicted octanol–water partition coefficient (Wildman–Crippen LogP) is -15.2. The molecule has 0 bridgehead atoms. The molecule has 0 aromatic rings. The Bertz CT molecular complexity index is 2130. The molecule has 7 rings (SSSR count). The van der Waals surface area contributed by atoms with E-state index < -0.39 is 273 Å². The van der Waals surface area contributed by atoms with Gasteiger partial charge in [0.2, 0.25) is 17.7 Å². The van der Waals surface area contributed by atoms with Crippen molar-refractivity contribution in [1.82, 2.24) is 16.0 Å². The highest BCUT2D eigenvalue weighted by Crippen LogP contribution is 2.38. The van der Waals surface area contributed by atoms with E-state index in [4.69, 9.17) is 61.6 Å². The number of carbonyl (C=O) groups excluding carboxylic acids is 3. The van der Waals surface area contributed by atoms with Gasteiger partial charge in [0.1, 0.15) is 165 Å². The number of aliphatic hydroxyl groups is 19. The number of nitrogens with one attached hydrogen (secondary N) is 3. The number of amides is 3. The van der Waals surface area contributed by atoms with Crippen LogP contribution in [0, 0.1) is 0 Å². The number of hydrogen-bond acceptors (Lipinski definition) is 35. The Labute approximate surface area is 481 Å². The van der Waals surface area contributed by atoms with Gasteiger partial charge in [0.15, 0.2) is 44.0 Å². The molecule has 38 heteroatoms. The summed E-state index contributed by atoms with van der Waals surface area (Å²) in [6, 6.07) is -5.01. The fraction of sp³-hybridized carbons (Fsp3) is 0.936. The van der Waals surface area contributed by atoms with Gasteiger partial charge in [0.25, 0.3) is 0 Å². The number of rotatable bonds is 21. The molecule has 0 aromatic carbocycles. The van der Waals surface area contributed by atoms with Crippen molar-refractivity contribution in [2.75, 3.05) is 46.2 Å². The van der Waals surface area contributed by atoms with Crippen molar-refractivity contribution in [3.63, 3.8) is 0 Å². The van der Waals surface area contributed by atoms with Crippen LogP contribution in [0.3, 0.4) is 0 Å². The van der Waals surface area contributed by atoms with Gasteiger partial charge >= 0.3 is 0 Å². The Morgan fingerprint density at radius 2 is 0.741 bits per heavy atom. The largest absolute Gasteiger partial charge is 0.394 e. The molecule has 38 nitrogen and oxygen atoms in total. The van der Waals surface area contributed by atoms with Gasteiger partial charge in [0.05, 0.1) is 46.2 Å². The molecule has 0 spiro atoms. The van der Waals surface area contributed by atoms with Crippen molar-refractivity contribution in [3.8, 4) is 0 Å². The molecule has 7 saturated heterocycles. The Hall–Kier alpha value is -2.87. The SMILES string of the molecule is CC(=O)N[C@H]1[C@H](O[C@H]2[C@H](O)[C@@H](NC(C)=O)C(O)O[C@@H]2CO)O[C@H](CO)[C@@H](O[C@@H]2O[C@H](CO[C@H]3O[C@H](CO)[C@@H](O[C@@H]4O[C@H](CO)[C@@H](O)[C@H](O)[C@H]4NC(C)=O)[C@H](O)[C@@H]3O)[C@@H](O)[C@H](O[C@H]3O[C@H](CO)[C@@H](O)[C@H](O)[C@@H]3O)[C@@H]2O[C@@H]2OC[C@@H](O)[C@H](O)[C@H]2O)[C@@H]1O. The van der Waals surface area contributed by atoms with Crippen LogP contribution < -0.4 is 16.0 Å². The van der Waals surface area contributed by atoms with Crippen LogP contribution in [0.15, 0.2) is 0 Å². The minimum atomic E-state index is -2.29. The van der Waals surface area contributed by atoms with Gasteiger partial charge in [-0.1, -0.05) is 0 Å². The number of carbonyl (C=O) groups is 3. The zero-order valence-electron chi connectivity index (χ0n) is 45.6. The lowest BCUT2D eigenvalue weighted by atomic mass is 9.93. The summed E-state index contributed by atoms with van der Waals surface area (Å²) in [4.78, 5) is 36.9. The molecule has 7 aliphatic rings. The van der Waals surface area contributed by atoms with Gasteiger partial charge in [0, 0.05) is 20.8 Å². The van der Waals surface area contributed by atoms with Crippen molar-refractivity contribution in [1.29, 1.82) is 0 Å². The molecule has 0 aliphatic carbocycles. The van der Waals surface area contributed by atoms with Crippen LogP contribution in [0.1, 0.15) is 20.8 Å². The molecular weight excluding hydrogens is 1170 g/mol. The summed E-state index contributed by atoms with van der Waals surface area (Å²) in [6.07, 6.45) is -61.0.